The molecule has 126 valence electrons. The van der Waals surface area contributed by atoms with E-state index < -0.39 is 0 Å². The molecule has 0 atom stereocenters. The summed E-state index contributed by atoms with van der Waals surface area (Å²) in [4.78, 5) is 20.6. The number of benzene rings is 1. The predicted molar refractivity (Wildman–Crippen MR) is 96.9 cm³/mol. The molecule has 2 heterocycles. The Morgan fingerprint density at radius 2 is 1.54 bits per heavy atom. The fraction of sp³-hybridized carbons (Fsp3) is 0.294. The third-order valence-electron chi connectivity index (χ3n) is 3.98. The summed E-state index contributed by atoms with van der Waals surface area (Å²) < 4.78 is 0. The third-order valence-corrected chi connectivity index (χ3v) is 4.62. The van der Waals surface area contributed by atoms with Crippen LogP contribution >= 0.6 is 34.8 Å². The molecule has 24 heavy (non-hydrogen) atoms. The number of piperazine rings is 1. The van der Waals surface area contributed by atoms with Crippen LogP contribution in [0.15, 0.2) is 36.4 Å². The van der Waals surface area contributed by atoms with Gasteiger partial charge in [0.25, 0.3) is 5.91 Å². The van der Waals surface area contributed by atoms with Gasteiger partial charge < -0.3 is 4.90 Å². The lowest BCUT2D eigenvalue weighted by Crippen LogP contribution is -2.48. The molecule has 0 spiro atoms. The number of carbonyl (C=O) groups excluding carboxylic acids is 1. The molecule has 0 saturated carbocycles. The molecule has 0 radical (unpaired) electrons. The molecule has 3 rings (SSSR count). The minimum absolute atomic E-state index is 0.0429. The highest BCUT2D eigenvalue weighted by Gasteiger charge is 2.22. The number of amides is 1. The number of hydrogen-bond donors (Lipinski definition) is 0. The van der Waals surface area contributed by atoms with Crippen LogP contribution in [0.2, 0.25) is 15.3 Å². The quantitative estimate of drug-likeness (QED) is 0.751. The van der Waals surface area contributed by atoms with Crippen molar-refractivity contribution >= 4 is 40.7 Å². The predicted octanol–water partition coefficient (Wildman–Crippen LogP) is 4.00. The Bertz CT molecular complexity index is 708. The molecular formula is C17H16Cl3N3O. The Kier molecular flexibility index (Phi) is 5.61. The van der Waals surface area contributed by atoms with Gasteiger partial charge in [-0.1, -0.05) is 34.8 Å². The van der Waals surface area contributed by atoms with E-state index in [-0.39, 0.29) is 5.91 Å². The average molecular weight is 385 g/mol. The number of rotatable bonds is 3. The summed E-state index contributed by atoms with van der Waals surface area (Å²) in [6.07, 6.45) is 0. The third kappa shape index (κ3) is 4.39. The Morgan fingerprint density at radius 1 is 0.958 bits per heavy atom. The van der Waals surface area contributed by atoms with Gasteiger partial charge in [0.15, 0.2) is 0 Å². The first-order valence-corrected chi connectivity index (χ1v) is 8.74. The van der Waals surface area contributed by atoms with E-state index in [0.717, 1.165) is 25.2 Å². The van der Waals surface area contributed by atoms with Crippen molar-refractivity contribution in [1.29, 1.82) is 0 Å². The molecule has 4 nitrogen and oxygen atoms in total. The summed E-state index contributed by atoms with van der Waals surface area (Å²) in [6, 6.07) is 10.6. The van der Waals surface area contributed by atoms with E-state index in [1.807, 2.05) is 17.0 Å². The molecule has 1 aromatic carbocycles. The number of nitrogens with zero attached hydrogens (tertiary/aromatic N) is 3. The Labute approximate surface area is 155 Å². The monoisotopic (exact) mass is 383 g/mol. The van der Waals surface area contributed by atoms with Crippen LogP contribution in [0.3, 0.4) is 0 Å². The largest absolute Gasteiger partial charge is 0.336 e. The van der Waals surface area contributed by atoms with E-state index in [4.69, 9.17) is 34.8 Å². The van der Waals surface area contributed by atoms with Crippen LogP contribution in [0.25, 0.3) is 0 Å². The summed E-state index contributed by atoms with van der Waals surface area (Å²) >= 11 is 17.7. The molecule has 1 amide bonds. The second kappa shape index (κ2) is 7.70. The maximum Gasteiger partial charge on any atom is 0.253 e. The summed E-state index contributed by atoms with van der Waals surface area (Å²) in [5, 5.41) is 1.43. The van der Waals surface area contributed by atoms with E-state index >= 15 is 0 Å². The molecule has 0 aliphatic carbocycles. The summed E-state index contributed by atoms with van der Waals surface area (Å²) in [5.41, 5.74) is 1.69. The van der Waals surface area contributed by atoms with Gasteiger partial charge in [-0.25, -0.2) is 4.98 Å². The van der Waals surface area contributed by atoms with Crippen LogP contribution in [0, 0.1) is 0 Å². The van der Waals surface area contributed by atoms with Gasteiger partial charge in [-0.05, 0) is 42.0 Å². The van der Waals surface area contributed by atoms with E-state index in [1.165, 1.54) is 0 Å². The first-order chi connectivity index (χ1) is 11.5. The molecule has 0 unspecified atom stereocenters. The summed E-state index contributed by atoms with van der Waals surface area (Å²) in [7, 11) is 0. The first kappa shape index (κ1) is 17.5. The van der Waals surface area contributed by atoms with Crippen molar-refractivity contribution < 1.29 is 4.79 Å². The van der Waals surface area contributed by atoms with Gasteiger partial charge in [0, 0.05) is 43.3 Å². The molecule has 7 heteroatoms. The molecule has 0 N–H and O–H groups in total. The lowest BCUT2D eigenvalue weighted by Gasteiger charge is -2.34. The number of halogens is 3. The van der Waals surface area contributed by atoms with Gasteiger partial charge in [0.05, 0.1) is 0 Å². The van der Waals surface area contributed by atoms with Gasteiger partial charge in [-0.15, -0.1) is 0 Å². The van der Waals surface area contributed by atoms with Gasteiger partial charge >= 0.3 is 0 Å². The molecule has 1 saturated heterocycles. The van der Waals surface area contributed by atoms with Crippen LogP contribution in [-0.4, -0.2) is 46.9 Å². The fourth-order valence-electron chi connectivity index (χ4n) is 2.75. The van der Waals surface area contributed by atoms with Gasteiger partial charge in [-0.3, -0.25) is 9.69 Å². The van der Waals surface area contributed by atoms with Crippen LogP contribution in [0.4, 0.5) is 0 Å². The topological polar surface area (TPSA) is 36.4 Å². The smallest absolute Gasteiger partial charge is 0.253 e. The SMILES string of the molecule is O=C(c1ccc(Cl)cc1)N1CCN(Cc2cc(Cl)nc(Cl)c2)CC1. The maximum atomic E-state index is 12.5. The average Bonchev–Trinajstić information content (AvgIpc) is 2.55. The minimum atomic E-state index is 0.0429. The highest BCUT2D eigenvalue weighted by molar-refractivity contribution is 6.32. The molecule has 1 aromatic heterocycles. The minimum Gasteiger partial charge on any atom is -0.336 e. The Balaban J connectivity index is 1.57. The van der Waals surface area contributed by atoms with E-state index in [1.54, 1.807) is 24.3 Å². The zero-order valence-electron chi connectivity index (χ0n) is 12.9. The molecule has 1 aliphatic heterocycles. The van der Waals surface area contributed by atoms with Gasteiger partial charge in [0.2, 0.25) is 0 Å². The van der Waals surface area contributed by atoms with Crippen LogP contribution in [0.1, 0.15) is 15.9 Å². The van der Waals surface area contributed by atoms with Crippen molar-refractivity contribution in [1.82, 2.24) is 14.8 Å². The molecular weight excluding hydrogens is 369 g/mol. The van der Waals surface area contributed by atoms with Crippen molar-refractivity contribution in [3.05, 3.63) is 62.9 Å². The Hall–Kier alpha value is -1.33. The fourth-order valence-corrected chi connectivity index (χ4v) is 3.38. The van der Waals surface area contributed by atoms with Crippen molar-refractivity contribution in [3.63, 3.8) is 0 Å². The zero-order chi connectivity index (χ0) is 17.1. The maximum absolute atomic E-state index is 12.5. The summed E-state index contributed by atoms with van der Waals surface area (Å²) in [5.74, 6) is 0.0429. The van der Waals surface area contributed by atoms with E-state index in [0.29, 0.717) is 34.0 Å². The normalized spacial score (nSPS) is 15.5. The number of pyridine rings is 1. The lowest BCUT2D eigenvalue weighted by atomic mass is 10.1. The lowest BCUT2D eigenvalue weighted by molar-refractivity contribution is 0.0628. The summed E-state index contributed by atoms with van der Waals surface area (Å²) in [6.45, 7) is 3.72. The second-order valence-electron chi connectivity index (χ2n) is 5.70. The van der Waals surface area contributed by atoms with Gasteiger partial charge in [0.1, 0.15) is 10.3 Å². The number of carbonyl (C=O) groups is 1. The first-order valence-electron chi connectivity index (χ1n) is 7.60. The van der Waals surface area contributed by atoms with Crippen molar-refractivity contribution in [2.24, 2.45) is 0 Å². The molecule has 1 aliphatic rings. The van der Waals surface area contributed by atoms with E-state index in [2.05, 4.69) is 9.88 Å². The van der Waals surface area contributed by atoms with Gasteiger partial charge in [-0.2, -0.15) is 0 Å². The van der Waals surface area contributed by atoms with Crippen molar-refractivity contribution in [2.75, 3.05) is 26.2 Å². The molecule has 2 aromatic rings. The highest BCUT2D eigenvalue weighted by Crippen LogP contribution is 2.18. The number of aromatic nitrogens is 1. The standard InChI is InChI=1S/C17H16Cl3N3O/c18-14-3-1-13(2-4-14)17(24)23-7-5-22(6-8-23)11-12-9-15(19)21-16(20)10-12/h1-4,9-10H,5-8,11H2. The number of hydrogen-bond acceptors (Lipinski definition) is 3. The van der Waals surface area contributed by atoms with Crippen LogP contribution < -0.4 is 0 Å². The Morgan fingerprint density at radius 3 is 2.12 bits per heavy atom. The zero-order valence-corrected chi connectivity index (χ0v) is 15.2. The second-order valence-corrected chi connectivity index (χ2v) is 6.91. The van der Waals surface area contributed by atoms with E-state index in [9.17, 15) is 4.79 Å². The molecule has 0 bridgehead atoms. The highest BCUT2D eigenvalue weighted by atomic mass is 35.5. The van der Waals surface area contributed by atoms with Crippen molar-refractivity contribution in [2.45, 2.75) is 6.54 Å². The van der Waals surface area contributed by atoms with Crippen molar-refractivity contribution in [3.8, 4) is 0 Å². The van der Waals surface area contributed by atoms with Crippen LogP contribution in [0.5, 0.6) is 0 Å². The van der Waals surface area contributed by atoms with Crippen LogP contribution in [-0.2, 0) is 6.54 Å². The molecule has 1 fully saturated rings.